The number of amides is 1. The monoisotopic (exact) mass is 358 g/mol. The number of piperidine rings is 1. The Hall–Kier alpha value is -2.21. The summed E-state index contributed by atoms with van der Waals surface area (Å²) in [6, 6.07) is 6.18. The maximum atomic E-state index is 13.0. The van der Waals surface area contributed by atoms with Gasteiger partial charge in [-0.15, -0.1) is 0 Å². The highest BCUT2D eigenvalue weighted by Crippen LogP contribution is 2.26. The Kier molecular flexibility index (Phi) is 6.04. The van der Waals surface area contributed by atoms with Crippen molar-refractivity contribution >= 4 is 5.91 Å². The number of hydrogen-bond acceptors (Lipinski definition) is 3. The molecule has 2 aromatic rings. The molecular weight excluding hydrogens is 331 g/mol. The zero-order valence-corrected chi connectivity index (χ0v) is 15.6. The molecule has 1 aliphatic heterocycles. The average Bonchev–Trinajstić information content (AvgIpc) is 3.10. The van der Waals surface area contributed by atoms with Crippen molar-refractivity contribution in [2.45, 2.75) is 31.7 Å². The summed E-state index contributed by atoms with van der Waals surface area (Å²) >= 11 is 0. The van der Waals surface area contributed by atoms with Crippen LogP contribution in [-0.2, 0) is 17.8 Å². The van der Waals surface area contributed by atoms with Crippen LogP contribution in [0.5, 0.6) is 0 Å². The predicted molar refractivity (Wildman–Crippen MR) is 99.4 cm³/mol. The normalized spacial score (nSPS) is 17.7. The fourth-order valence-corrected chi connectivity index (χ4v) is 3.48. The number of carbonyl (C=O) groups excluding carboxylic acids is 1. The number of rotatable bonds is 6. The van der Waals surface area contributed by atoms with Crippen LogP contribution < -0.4 is 0 Å². The number of halogens is 1. The first-order valence-corrected chi connectivity index (χ1v) is 9.21. The fourth-order valence-electron chi connectivity index (χ4n) is 3.48. The lowest BCUT2D eigenvalue weighted by Gasteiger charge is -2.33. The van der Waals surface area contributed by atoms with Gasteiger partial charge in [0.05, 0.1) is 6.42 Å². The summed E-state index contributed by atoms with van der Waals surface area (Å²) < 4.78 is 15.2. The Bertz CT molecular complexity index is 726. The second-order valence-corrected chi connectivity index (χ2v) is 7.26. The van der Waals surface area contributed by atoms with Crippen molar-refractivity contribution in [3.63, 3.8) is 0 Å². The molecule has 0 spiro atoms. The quantitative estimate of drug-likeness (QED) is 0.797. The van der Waals surface area contributed by atoms with E-state index >= 15 is 0 Å². The molecular formula is C20H27FN4O. The maximum Gasteiger partial charge on any atom is 0.227 e. The van der Waals surface area contributed by atoms with Crippen molar-refractivity contribution in [2.75, 3.05) is 33.7 Å². The zero-order valence-electron chi connectivity index (χ0n) is 15.6. The van der Waals surface area contributed by atoms with E-state index in [2.05, 4.69) is 28.5 Å². The van der Waals surface area contributed by atoms with Gasteiger partial charge in [0.15, 0.2) is 0 Å². The summed E-state index contributed by atoms with van der Waals surface area (Å²) in [5, 5.41) is 0. The summed E-state index contributed by atoms with van der Waals surface area (Å²) in [5.74, 6) is 1.18. The van der Waals surface area contributed by atoms with Gasteiger partial charge in [-0.05, 0) is 44.6 Å². The van der Waals surface area contributed by atoms with E-state index in [-0.39, 0.29) is 17.6 Å². The Morgan fingerprint density at radius 3 is 2.81 bits per heavy atom. The van der Waals surface area contributed by atoms with Gasteiger partial charge in [-0.3, -0.25) is 4.79 Å². The van der Waals surface area contributed by atoms with E-state index in [0.717, 1.165) is 43.9 Å². The first-order chi connectivity index (χ1) is 12.5. The van der Waals surface area contributed by atoms with Crippen LogP contribution in [0.2, 0.25) is 0 Å². The predicted octanol–water partition coefficient (Wildman–Crippen LogP) is 2.53. The van der Waals surface area contributed by atoms with Crippen LogP contribution in [0.25, 0.3) is 0 Å². The molecule has 1 aliphatic rings. The van der Waals surface area contributed by atoms with Crippen LogP contribution in [0.3, 0.4) is 0 Å². The van der Waals surface area contributed by atoms with Crippen molar-refractivity contribution in [3.05, 3.63) is 53.9 Å². The smallest absolute Gasteiger partial charge is 0.227 e. The molecule has 5 nitrogen and oxygen atoms in total. The molecule has 0 saturated carbocycles. The Labute approximate surface area is 154 Å². The molecule has 0 N–H and O–H groups in total. The average molecular weight is 358 g/mol. The number of hydrogen-bond donors (Lipinski definition) is 0. The summed E-state index contributed by atoms with van der Waals surface area (Å²) in [7, 11) is 4.13. The molecule has 1 aromatic carbocycles. The van der Waals surface area contributed by atoms with Gasteiger partial charge < -0.3 is 14.4 Å². The SMILES string of the molecule is CN(C)CCn1ccnc1C1CCCN(C(=O)Cc2ccc(F)cc2)C1. The third-order valence-corrected chi connectivity index (χ3v) is 4.94. The number of carbonyl (C=O) groups is 1. The highest BCUT2D eigenvalue weighted by molar-refractivity contribution is 5.79. The molecule has 1 aromatic heterocycles. The highest BCUT2D eigenvalue weighted by Gasteiger charge is 2.27. The van der Waals surface area contributed by atoms with Crippen LogP contribution in [0.4, 0.5) is 4.39 Å². The van der Waals surface area contributed by atoms with Crippen LogP contribution in [0.15, 0.2) is 36.7 Å². The minimum atomic E-state index is -0.274. The molecule has 1 fully saturated rings. The van der Waals surface area contributed by atoms with E-state index in [9.17, 15) is 9.18 Å². The summed E-state index contributed by atoms with van der Waals surface area (Å²) in [4.78, 5) is 21.3. The van der Waals surface area contributed by atoms with Gasteiger partial charge in [0, 0.05) is 44.5 Å². The molecule has 140 valence electrons. The highest BCUT2D eigenvalue weighted by atomic mass is 19.1. The lowest BCUT2D eigenvalue weighted by molar-refractivity contribution is -0.131. The standard InChI is InChI=1S/C20H27FN4O/c1-23(2)12-13-24-11-9-22-20(24)17-4-3-10-25(15-17)19(26)14-16-5-7-18(21)8-6-16/h5-9,11,17H,3-4,10,12-15H2,1-2H3. The minimum Gasteiger partial charge on any atom is -0.342 e. The molecule has 0 bridgehead atoms. The van der Waals surface area contributed by atoms with E-state index < -0.39 is 0 Å². The van der Waals surface area contributed by atoms with E-state index in [1.54, 1.807) is 12.1 Å². The fraction of sp³-hybridized carbons (Fsp3) is 0.500. The second kappa shape index (κ2) is 8.45. The number of aromatic nitrogens is 2. The molecule has 1 unspecified atom stereocenters. The molecule has 26 heavy (non-hydrogen) atoms. The number of likely N-dealkylation sites (N-methyl/N-ethyl adjacent to an activating group) is 1. The molecule has 0 radical (unpaired) electrons. The molecule has 6 heteroatoms. The number of nitrogens with zero attached hydrogens (tertiary/aromatic N) is 4. The number of benzene rings is 1. The summed E-state index contributed by atoms with van der Waals surface area (Å²) in [6.07, 6.45) is 6.24. The molecule has 0 aliphatic carbocycles. The first-order valence-electron chi connectivity index (χ1n) is 9.21. The summed E-state index contributed by atoms with van der Waals surface area (Å²) in [5.41, 5.74) is 0.853. The molecule has 1 atom stereocenters. The van der Waals surface area contributed by atoms with E-state index in [4.69, 9.17) is 0 Å². The minimum absolute atomic E-state index is 0.104. The van der Waals surface area contributed by atoms with E-state index in [1.165, 1.54) is 12.1 Å². The van der Waals surface area contributed by atoms with Crippen molar-refractivity contribution in [1.29, 1.82) is 0 Å². The van der Waals surface area contributed by atoms with E-state index in [0.29, 0.717) is 13.0 Å². The third kappa shape index (κ3) is 4.69. The van der Waals surface area contributed by atoms with Gasteiger partial charge in [-0.2, -0.15) is 0 Å². The Morgan fingerprint density at radius 2 is 2.08 bits per heavy atom. The largest absolute Gasteiger partial charge is 0.342 e. The lowest BCUT2D eigenvalue weighted by Crippen LogP contribution is -2.40. The van der Waals surface area contributed by atoms with Gasteiger partial charge >= 0.3 is 0 Å². The van der Waals surface area contributed by atoms with Crippen molar-refractivity contribution in [3.8, 4) is 0 Å². The maximum absolute atomic E-state index is 13.0. The first kappa shape index (κ1) is 18.6. The van der Waals surface area contributed by atoms with Gasteiger partial charge in [0.1, 0.15) is 11.6 Å². The van der Waals surface area contributed by atoms with Crippen LogP contribution >= 0.6 is 0 Å². The van der Waals surface area contributed by atoms with Crippen LogP contribution in [-0.4, -0.2) is 59.0 Å². The van der Waals surface area contributed by atoms with Gasteiger partial charge in [0.2, 0.25) is 5.91 Å². The molecule has 1 saturated heterocycles. The zero-order chi connectivity index (χ0) is 18.5. The summed E-state index contributed by atoms with van der Waals surface area (Å²) in [6.45, 7) is 3.36. The molecule has 1 amide bonds. The third-order valence-electron chi connectivity index (χ3n) is 4.94. The van der Waals surface area contributed by atoms with Gasteiger partial charge in [-0.25, -0.2) is 9.37 Å². The Balaban J connectivity index is 1.63. The van der Waals surface area contributed by atoms with E-state index in [1.807, 2.05) is 17.3 Å². The van der Waals surface area contributed by atoms with Crippen molar-refractivity contribution < 1.29 is 9.18 Å². The molecule has 2 heterocycles. The Morgan fingerprint density at radius 1 is 1.31 bits per heavy atom. The van der Waals surface area contributed by atoms with Gasteiger partial charge in [-0.1, -0.05) is 12.1 Å². The number of imidazole rings is 1. The van der Waals surface area contributed by atoms with Crippen LogP contribution in [0, 0.1) is 5.82 Å². The molecule has 3 rings (SSSR count). The van der Waals surface area contributed by atoms with Crippen molar-refractivity contribution in [2.24, 2.45) is 0 Å². The van der Waals surface area contributed by atoms with Gasteiger partial charge in [0.25, 0.3) is 0 Å². The lowest BCUT2D eigenvalue weighted by atomic mass is 9.96. The van der Waals surface area contributed by atoms with Crippen LogP contribution in [0.1, 0.15) is 30.1 Å². The van der Waals surface area contributed by atoms with Crippen molar-refractivity contribution in [1.82, 2.24) is 19.4 Å². The number of likely N-dealkylation sites (tertiary alicyclic amines) is 1. The topological polar surface area (TPSA) is 41.4 Å². The second-order valence-electron chi connectivity index (χ2n) is 7.26.